The fourth-order valence-electron chi connectivity index (χ4n) is 3.55. The molecule has 5 nitrogen and oxygen atoms in total. The zero-order chi connectivity index (χ0) is 17.6. The molecule has 130 valence electrons. The van der Waals surface area contributed by atoms with Crippen molar-refractivity contribution < 1.29 is 13.5 Å². The third-order valence-electron chi connectivity index (χ3n) is 4.75. The van der Waals surface area contributed by atoms with Gasteiger partial charge in [0.2, 0.25) is 10.0 Å². The van der Waals surface area contributed by atoms with E-state index in [1.807, 2.05) is 30.3 Å². The highest BCUT2D eigenvalue weighted by atomic mass is 32.2. The first-order valence-electron chi connectivity index (χ1n) is 8.43. The first kappa shape index (κ1) is 16.0. The quantitative estimate of drug-likeness (QED) is 0.780. The van der Waals surface area contributed by atoms with Gasteiger partial charge in [0.25, 0.3) is 0 Å². The molecule has 1 aliphatic heterocycles. The molecule has 25 heavy (non-hydrogen) atoms. The van der Waals surface area contributed by atoms with Crippen molar-refractivity contribution in [2.24, 2.45) is 0 Å². The maximum absolute atomic E-state index is 12.1. The van der Waals surface area contributed by atoms with Crippen molar-refractivity contribution in [3.63, 3.8) is 0 Å². The second kappa shape index (κ2) is 5.81. The minimum atomic E-state index is -3.16. The van der Waals surface area contributed by atoms with E-state index in [1.54, 1.807) is 12.1 Å². The molecule has 1 saturated heterocycles. The molecule has 6 heteroatoms. The minimum absolute atomic E-state index is 0.225. The van der Waals surface area contributed by atoms with Crippen LogP contribution in [0.4, 0.5) is 5.69 Å². The van der Waals surface area contributed by atoms with Gasteiger partial charge in [-0.05, 0) is 49.2 Å². The van der Waals surface area contributed by atoms with Crippen molar-refractivity contribution in [2.75, 3.05) is 16.6 Å². The van der Waals surface area contributed by atoms with E-state index < -0.39 is 10.0 Å². The number of aromatic nitrogens is 1. The van der Waals surface area contributed by atoms with E-state index in [0.29, 0.717) is 13.0 Å². The maximum atomic E-state index is 12.1. The highest BCUT2D eigenvalue weighted by Crippen LogP contribution is 2.32. The van der Waals surface area contributed by atoms with Gasteiger partial charge in [0.1, 0.15) is 5.75 Å². The number of rotatable bonds is 3. The number of phenolic OH excluding ortho intramolecular Hbond substituents is 1. The van der Waals surface area contributed by atoms with Crippen LogP contribution in [0.5, 0.6) is 5.75 Å². The van der Waals surface area contributed by atoms with E-state index >= 15 is 0 Å². The number of sulfonamides is 1. The molecule has 0 unspecified atom stereocenters. The Morgan fingerprint density at radius 3 is 2.48 bits per heavy atom. The van der Waals surface area contributed by atoms with Gasteiger partial charge in [-0.3, -0.25) is 4.31 Å². The van der Waals surface area contributed by atoms with Crippen LogP contribution in [0.15, 0.2) is 48.5 Å². The van der Waals surface area contributed by atoms with E-state index in [9.17, 15) is 13.5 Å². The van der Waals surface area contributed by atoms with Gasteiger partial charge in [0.05, 0.1) is 17.0 Å². The number of anilines is 1. The SMILES string of the molecule is CCn1c(-c2ccc(N3CCCS3(=O)=O)cc2)cc2ccc(O)cc21. The molecule has 1 aromatic heterocycles. The van der Waals surface area contributed by atoms with Gasteiger partial charge in [0, 0.05) is 30.2 Å². The van der Waals surface area contributed by atoms with E-state index in [-0.39, 0.29) is 11.5 Å². The molecule has 2 heterocycles. The molecule has 0 bridgehead atoms. The number of hydrogen-bond donors (Lipinski definition) is 1. The Morgan fingerprint density at radius 2 is 1.84 bits per heavy atom. The Bertz CT molecular complexity index is 1040. The summed E-state index contributed by atoms with van der Waals surface area (Å²) in [6, 6.07) is 15.1. The lowest BCUT2D eigenvalue weighted by Gasteiger charge is -2.17. The Hall–Kier alpha value is -2.47. The number of nitrogens with zero attached hydrogens (tertiary/aromatic N) is 2. The molecule has 0 amide bonds. The Balaban J connectivity index is 1.77. The third-order valence-corrected chi connectivity index (χ3v) is 6.62. The van der Waals surface area contributed by atoms with E-state index in [4.69, 9.17) is 0 Å². The summed E-state index contributed by atoms with van der Waals surface area (Å²) < 4.78 is 27.8. The molecule has 1 fully saturated rings. The summed E-state index contributed by atoms with van der Waals surface area (Å²) in [7, 11) is -3.16. The summed E-state index contributed by atoms with van der Waals surface area (Å²) in [5, 5.41) is 10.8. The topological polar surface area (TPSA) is 62.5 Å². The van der Waals surface area contributed by atoms with Crippen molar-refractivity contribution in [3.05, 3.63) is 48.5 Å². The molecular weight excluding hydrogens is 336 g/mol. The van der Waals surface area contributed by atoms with Gasteiger partial charge >= 0.3 is 0 Å². The predicted octanol–water partition coefficient (Wildman–Crippen LogP) is 3.57. The van der Waals surface area contributed by atoms with Crippen LogP contribution < -0.4 is 4.31 Å². The maximum Gasteiger partial charge on any atom is 0.235 e. The van der Waals surface area contributed by atoms with Crippen molar-refractivity contribution in [1.82, 2.24) is 4.57 Å². The number of aromatic hydroxyl groups is 1. The monoisotopic (exact) mass is 356 g/mol. The summed E-state index contributed by atoms with van der Waals surface area (Å²) in [6.45, 7) is 3.40. The molecule has 2 aromatic carbocycles. The van der Waals surface area contributed by atoms with Crippen molar-refractivity contribution in [2.45, 2.75) is 19.9 Å². The molecule has 0 aliphatic carbocycles. The zero-order valence-corrected chi connectivity index (χ0v) is 14.8. The predicted molar refractivity (Wildman–Crippen MR) is 100 cm³/mol. The lowest BCUT2D eigenvalue weighted by Crippen LogP contribution is -2.24. The Labute approximate surface area is 147 Å². The molecule has 0 saturated carbocycles. The molecule has 3 aromatic rings. The van der Waals surface area contributed by atoms with Gasteiger partial charge in [-0.25, -0.2) is 8.42 Å². The average Bonchev–Trinajstić information content (AvgIpc) is 3.14. The van der Waals surface area contributed by atoms with Crippen LogP contribution in [-0.4, -0.2) is 30.4 Å². The van der Waals surface area contributed by atoms with Gasteiger partial charge in [-0.15, -0.1) is 0 Å². The number of fused-ring (bicyclic) bond motifs is 1. The summed E-state index contributed by atoms with van der Waals surface area (Å²) in [5.41, 5.74) is 3.79. The van der Waals surface area contributed by atoms with Crippen LogP contribution >= 0.6 is 0 Å². The van der Waals surface area contributed by atoms with Gasteiger partial charge in [-0.2, -0.15) is 0 Å². The molecule has 1 aliphatic rings. The highest BCUT2D eigenvalue weighted by molar-refractivity contribution is 7.93. The van der Waals surface area contributed by atoms with E-state index in [1.165, 1.54) is 4.31 Å². The van der Waals surface area contributed by atoms with Gasteiger partial charge in [-0.1, -0.05) is 12.1 Å². The van der Waals surface area contributed by atoms with Gasteiger partial charge < -0.3 is 9.67 Å². The third kappa shape index (κ3) is 2.66. The molecule has 1 N–H and O–H groups in total. The van der Waals surface area contributed by atoms with Gasteiger partial charge in [0.15, 0.2) is 0 Å². The summed E-state index contributed by atoms with van der Waals surface area (Å²) in [5.74, 6) is 0.476. The van der Waals surface area contributed by atoms with Crippen LogP contribution in [0.3, 0.4) is 0 Å². The largest absolute Gasteiger partial charge is 0.508 e. The second-order valence-electron chi connectivity index (χ2n) is 6.31. The van der Waals surface area contributed by atoms with E-state index in [0.717, 1.165) is 34.4 Å². The molecule has 0 radical (unpaired) electrons. The molecule has 0 spiro atoms. The van der Waals surface area contributed by atoms with E-state index in [2.05, 4.69) is 17.6 Å². The van der Waals surface area contributed by atoms with Crippen LogP contribution in [0.1, 0.15) is 13.3 Å². The van der Waals surface area contributed by atoms with Crippen molar-refractivity contribution in [3.8, 4) is 17.0 Å². The number of hydrogen-bond acceptors (Lipinski definition) is 3. The number of phenols is 1. The molecule has 0 atom stereocenters. The fourth-order valence-corrected chi connectivity index (χ4v) is 5.12. The lowest BCUT2D eigenvalue weighted by molar-refractivity contribution is 0.476. The first-order valence-corrected chi connectivity index (χ1v) is 10.0. The normalized spacial score (nSPS) is 16.6. The van der Waals surface area contributed by atoms with Crippen LogP contribution in [-0.2, 0) is 16.6 Å². The highest BCUT2D eigenvalue weighted by Gasteiger charge is 2.28. The zero-order valence-electron chi connectivity index (χ0n) is 14.0. The Morgan fingerprint density at radius 1 is 1.08 bits per heavy atom. The molecule has 4 rings (SSSR count). The number of benzene rings is 2. The summed E-state index contributed by atoms with van der Waals surface area (Å²) in [6.07, 6.45) is 0.678. The van der Waals surface area contributed by atoms with Crippen LogP contribution in [0.2, 0.25) is 0 Å². The minimum Gasteiger partial charge on any atom is -0.508 e. The first-order chi connectivity index (χ1) is 12.0. The van der Waals surface area contributed by atoms with Crippen LogP contribution in [0, 0.1) is 0 Å². The van der Waals surface area contributed by atoms with Crippen LogP contribution in [0.25, 0.3) is 22.2 Å². The lowest BCUT2D eigenvalue weighted by atomic mass is 10.1. The standard InChI is InChI=1S/C19H20N2O3S/c1-2-20-18(12-15-6-9-17(22)13-19(15)20)14-4-7-16(8-5-14)21-10-3-11-25(21,23)24/h4-9,12-13,22H,2-3,10-11H2,1H3. The second-order valence-corrected chi connectivity index (χ2v) is 8.32. The summed E-state index contributed by atoms with van der Waals surface area (Å²) in [4.78, 5) is 0. The van der Waals surface area contributed by atoms with Crippen molar-refractivity contribution >= 4 is 26.6 Å². The smallest absolute Gasteiger partial charge is 0.235 e. The van der Waals surface area contributed by atoms with Crippen molar-refractivity contribution in [1.29, 1.82) is 0 Å². The average molecular weight is 356 g/mol. The number of aryl methyl sites for hydroxylation is 1. The Kier molecular flexibility index (Phi) is 3.72. The summed E-state index contributed by atoms with van der Waals surface area (Å²) >= 11 is 0. The molecular formula is C19H20N2O3S. The fraction of sp³-hybridized carbons (Fsp3) is 0.263.